The van der Waals surface area contributed by atoms with Crippen LogP contribution in [0, 0.1) is 5.92 Å². The minimum absolute atomic E-state index is 0.418. The summed E-state index contributed by atoms with van der Waals surface area (Å²) < 4.78 is 0. The molecule has 1 aromatic carbocycles. The first-order valence-electron chi connectivity index (χ1n) is 6.75. The van der Waals surface area contributed by atoms with Gasteiger partial charge < -0.3 is 5.11 Å². The van der Waals surface area contributed by atoms with Gasteiger partial charge in [-0.05, 0) is 36.3 Å². The van der Waals surface area contributed by atoms with Crippen LogP contribution >= 0.6 is 0 Å². The van der Waals surface area contributed by atoms with E-state index in [2.05, 4.69) is 30.3 Å². The van der Waals surface area contributed by atoms with Gasteiger partial charge in [0, 0.05) is 6.42 Å². The standard InChI is InChI=1S/C16H20O/c17-16-11-5-4-8-15(16)10-9-14(12-16)13-6-2-1-3-7-13/h1-3,6-7,9,15,17H,4-5,8,10-12H2/t15-,16-/m1/s1. The van der Waals surface area contributed by atoms with Gasteiger partial charge in [-0.1, -0.05) is 49.2 Å². The van der Waals surface area contributed by atoms with Crippen LogP contribution in [-0.4, -0.2) is 10.7 Å². The summed E-state index contributed by atoms with van der Waals surface area (Å²) in [7, 11) is 0. The van der Waals surface area contributed by atoms with E-state index in [-0.39, 0.29) is 0 Å². The highest BCUT2D eigenvalue weighted by atomic mass is 16.3. The number of fused-ring (bicyclic) bond motifs is 1. The molecule has 0 amide bonds. The first kappa shape index (κ1) is 11.0. The van der Waals surface area contributed by atoms with Gasteiger partial charge in [-0.15, -0.1) is 0 Å². The maximum atomic E-state index is 10.8. The second-order valence-corrected chi connectivity index (χ2v) is 5.55. The smallest absolute Gasteiger partial charge is 0.0719 e. The van der Waals surface area contributed by atoms with Gasteiger partial charge in [-0.3, -0.25) is 0 Å². The van der Waals surface area contributed by atoms with Crippen LogP contribution in [0.5, 0.6) is 0 Å². The molecule has 1 aromatic rings. The fraction of sp³-hybridized carbons (Fsp3) is 0.500. The van der Waals surface area contributed by atoms with Crippen molar-refractivity contribution >= 4 is 5.57 Å². The summed E-state index contributed by atoms with van der Waals surface area (Å²) in [6.07, 6.45) is 8.93. The van der Waals surface area contributed by atoms with Gasteiger partial charge in [0.25, 0.3) is 0 Å². The summed E-state index contributed by atoms with van der Waals surface area (Å²) in [5, 5.41) is 10.8. The predicted molar refractivity (Wildman–Crippen MR) is 70.6 cm³/mol. The maximum absolute atomic E-state index is 10.8. The molecule has 0 unspecified atom stereocenters. The summed E-state index contributed by atoms with van der Waals surface area (Å²) in [6.45, 7) is 0. The second kappa shape index (κ2) is 4.30. The minimum Gasteiger partial charge on any atom is -0.389 e. The van der Waals surface area contributed by atoms with E-state index in [1.165, 1.54) is 30.4 Å². The third-order valence-electron chi connectivity index (χ3n) is 4.46. The highest BCUT2D eigenvalue weighted by Crippen LogP contribution is 2.45. The van der Waals surface area contributed by atoms with E-state index in [9.17, 15) is 5.11 Å². The number of aliphatic hydroxyl groups is 1. The molecule has 2 aliphatic rings. The summed E-state index contributed by atoms with van der Waals surface area (Å²) >= 11 is 0. The van der Waals surface area contributed by atoms with Crippen LogP contribution in [0.2, 0.25) is 0 Å². The molecule has 0 bridgehead atoms. The second-order valence-electron chi connectivity index (χ2n) is 5.55. The topological polar surface area (TPSA) is 20.2 Å². The van der Waals surface area contributed by atoms with Gasteiger partial charge in [0.1, 0.15) is 0 Å². The van der Waals surface area contributed by atoms with E-state index < -0.39 is 5.60 Å². The van der Waals surface area contributed by atoms with Crippen LogP contribution in [0.1, 0.15) is 44.1 Å². The van der Waals surface area contributed by atoms with Crippen molar-refractivity contribution in [2.75, 3.05) is 0 Å². The third kappa shape index (κ3) is 2.04. The lowest BCUT2D eigenvalue weighted by molar-refractivity contribution is -0.0461. The third-order valence-corrected chi connectivity index (χ3v) is 4.46. The molecule has 1 fully saturated rings. The molecule has 0 heterocycles. The maximum Gasteiger partial charge on any atom is 0.0719 e. The van der Waals surface area contributed by atoms with Crippen LogP contribution < -0.4 is 0 Å². The summed E-state index contributed by atoms with van der Waals surface area (Å²) in [6, 6.07) is 10.5. The normalized spacial score (nSPS) is 32.8. The lowest BCUT2D eigenvalue weighted by Gasteiger charge is -2.43. The van der Waals surface area contributed by atoms with E-state index in [4.69, 9.17) is 0 Å². The van der Waals surface area contributed by atoms with Gasteiger partial charge in [-0.2, -0.15) is 0 Å². The number of benzene rings is 1. The molecule has 1 saturated carbocycles. The average molecular weight is 228 g/mol. The average Bonchev–Trinajstić information content (AvgIpc) is 2.38. The van der Waals surface area contributed by atoms with Crippen molar-refractivity contribution < 1.29 is 5.11 Å². The Morgan fingerprint density at radius 2 is 1.94 bits per heavy atom. The Kier molecular flexibility index (Phi) is 2.79. The van der Waals surface area contributed by atoms with Crippen LogP contribution in [0.4, 0.5) is 0 Å². The molecule has 0 radical (unpaired) electrons. The van der Waals surface area contributed by atoms with E-state index in [0.29, 0.717) is 5.92 Å². The molecule has 0 spiro atoms. The van der Waals surface area contributed by atoms with E-state index in [0.717, 1.165) is 19.3 Å². The molecule has 0 saturated heterocycles. The quantitative estimate of drug-likeness (QED) is 0.775. The Morgan fingerprint density at radius 3 is 2.76 bits per heavy atom. The van der Waals surface area contributed by atoms with Crippen molar-refractivity contribution in [1.29, 1.82) is 0 Å². The molecule has 1 heteroatoms. The van der Waals surface area contributed by atoms with Crippen LogP contribution in [0.25, 0.3) is 5.57 Å². The van der Waals surface area contributed by atoms with Crippen molar-refractivity contribution in [2.45, 2.75) is 44.1 Å². The molecule has 1 N–H and O–H groups in total. The Balaban J connectivity index is 1.87. The number of hydrogen-bond donors (Lipinski definition) is 1. The minimum atomic E-state index is -0.418. The van der Waals surface area contributed by atoms with Gasteiger partial charge in [0.2, 0.25) is 0 Å². The first-order chi connectivity index (χ1) is 8.28. The van der Waals surface area contributed by atoms with Crippen molar-refractivity contribution in [3.05, 3.63) is 42.0 Å². The number of hydrogen-bond acceptors (Lipinski definition) is 1. The number of rotatable bonds is 1. The van der Waals surface area contributed by atoms with Crippen molar-refractivity contribution in [1.82, 2.24) is 0 Å². The molecule has 1 nitrogen and oxygen atoms in total. The van der Waals surface area contributed by atoms with Crippen LogP contribution in [-0.2, 0) is 0 Å². The predicted octanol–water partition coefficient (Wildman–Crippen LogP) is 3.79. The van der Waals surface area contributed by atoms with E-state index in [1.807, 2.05) is 6.07 Å². The lowest BCUT2D eigenvalue weighted by Crippen LogP contribution is -2.42. The summed E-state index contributed by atoms with van der Waals surface area (Å²) in [4.78, 5) is 0. The van der Waals surface area contributed by atoms with Gasteiger partial charge in [0.15, 0.2) is 0 Å². The van der Waals surface area contributed by atoms with Crippen LogP contribution in [0.3, 0.4) is 0 Å². The first-order valence-corrected chi connectivity index (χ1v) is 6.75. The lowest BCUT2D eigenvalue weighted by atomic mass is 9.67. The van der Waals surface area contributed by atoms with E-state index >= 15 is 0 Å². The highest BCUT2D eigenvalue weighted by Gasteiger charge is 2.40. The zero-order valence-corrected chi connectivity index (χ0v) is 10.2. The van der Waals surface area contributed by atoms with Crippen LogP contribution in [0.15, 0.2) is 36.4 Å². The monoisotopic (exact) mass is 228 g/mol. The fourth-order valence-electron chi connectivity index (χ4n) is 3.42. The fourth-order valence-corrected chi connectivity index (χ4v) is 3.42. The molecular weight excluding hydrogens is 208 g/mol. The Morgan fingerprint density at radius 1 is 1.12 bits per heavy atom. The summed E-state index contributed by atoms with van der Waals surface area (Å²) in [5.41, 5.74) is 2.20. The highest BCUT2D eigenvalue weighted by molar-refractivity contribution is 5.67. The molecular formula is C16H20O. The van der Waals surface area contributed by atoms with Gasteiger partial charge in [-0.25, -0.2) is 0 Å². The SMILES string of the molecule is O[C@@]12CCCC[C@@H]1CC=C(c1ccccc1)C2. The molecule has 0 aliphatic heterocycles. The molecule has 2 aliphatic carbocycles. The zero-order valence-electron chi connectivity index (χ0n) is 10.2. The number of allylic oxidation sites excluding steroid dienone is 1. The molecule has 0 aromatic heterocycles. The largest absolute Gasteiger partial charge is 0.389 e. The van der Waals surface area contributed by atoms with Crippen molar-refractivity contribution in [3.8, 4) is 0 Å². The van der Waals surface area contributed by atoms with Gasteiger partial charge in [0.05, 0.1) is 5.60 Å². The Labute approximate surface area is 103 Å². The zero-order chi connectivity index (χ0) is 11.7. The van der Waals surface area contributed by atoms with Gasteiger partial charge >= 0.3 is 0 Å². The Hall–Kier alpha value is -1.08. The summed E-state index contributed by atoms with van der Waals surface area (Å²) in [5.74, 6) is 0.503. The molecule has 3 rings (SSSR count). The van der Waals surface area contributed by atoms with E-state index in [1.54, 1.807) is 0 Å². The van der Waals surface area contributed by atoms with Crippen molar-refractivity contribution in [3.63, 3.8) is 0 Å². The molecule has 17 heavy (non-hydrogen) atoms. The molecule has 2 atom stereocenters. The Bertz CT molecular complexity index is 420. The van der Waals surface area contributed by atoms with Crippen molar-refractivity contribution in [2.24, 2.45) is 5.92 Å². The molecule has 90 valence electrons.